The molecular weight excluding hydrogens is 364 g/mol. The van der Waals surface area contributed by atoms with Gasteiger partial charge in [-0.05, 0) is 18.2 Å². The molecule has 9 nitrogen and oxygen atoms in total. The van der Waals surface area contributed by atoms with Crippen LogP contribution in [0.3, 0.4) is 0 Å². The van der Waals surface area contributed by atoms with Gasteiger partial charge >= 0.3 is 0 Å². The van der Waals surface area contributed by atoms with Crippen molar-refractivity contribution in [3.05, 3.63) is 70.0 Å². The summed E-state index contributed by atoms with van der Waals surface area (Å²) in [7, 11) is 1.73. The number of carbonyl (C=O) groups excluding carboxylic acids is 1. The first-order valence-corrected chi connectivity index (χ1v) is 8.42. The molecule has 0 atom stereocenters. The van der Waals surface area contributed by atoms with Crippen LogP contribution in [0.1, 0.15) is 10.4 Å². The molecule has 0 saturated carbocycles. The Morgan fingerprint density at radius 3 is 2.79 bits per heavy atom. The highest BCUT2D eigenvalue weighted by Crippen LogP contribution is 2.35. The maximum absolute atomic E-state index is 12.6. The predicted octanol–water partition coefficient (Wildman–Crippen LogP) is 2.49. The lowest BCUT2D eigenvalue weighted by Crippen LogP contribution is -2.25. The lowest BCUT2D eigenvalue weighted by molar-refractivity contribution is -0.384. The van der Waals surface area contributed by atoms with Crippen molar-refractivity contribution < 1.29 is 19.2 Å². The average molecular weight is 380 g/mol. The normalized spacial score (nSPS) is 12.2. The summed E-state index contributed by atoms with van der Waals surface area (Å²) < 4.78 is 13.9. The molecule has 28 heavy (non-hydrogen) atoms. The van der Waals surface area contributed by atoms with E-state index in [0.29, 0.717) is 11.5 Å². The molecular formula is C19H16N4O5. The minimum Gasteiger partial charge on any atom is -0.454 e. The maximum atomic E-state index is 12.6. The van der Waals surface area contributed by atoms with Crippen molar-refractivity contribution >= 4 is 11.5 Å². The molecule has 1 aliphatic rings. The van der Waals surface area contributed by atoms with Crippen molar-refractivity contribution in [2.45, 2.75) is 6.54 Å². The third-order valence-corrected chi connectivity index (χ3v) is 4.59. The van der Waals surface area contributed by atoms with E-state index in [-0.39, 0.29) is 36.0 Å². The summed E-state index contributed by atoms with van der Waals surface area (Å²) in [4.78, 5) is 22.9. The fourth-order valence-corrected chi connectivity index (χ4v) is 3.09. The second-order valence-corrected chi connectivity index (χ2v) is 6.32. The number of rotatable bonds is 5. The number of nitrogens with one attached hydrogen (secondary N) is 1. The van der Waals surface area contributed by atoms with Crippen LogP contribution in [0.2, 0.25) is 0 Å². The first-order valence-electron chi connectivity index (χ1n) is 8.42. The quantitative estimate of drug-likeness (QED) is 0.415. The molecule has 2 heterocycles. The SMILES string of the molecule is Cn1c(-c2ccc3c(c2)OCO3)cn(CC(=O)c2cccc([N+](=O)[O-])c2)c1=N. The third-order valence-electron chi connectivity index (χ3n) is 4.59. The Hall–Kier alpha value is -3.88. The summed E-state index contributed by atoms with van der Waals surface area (Å²) in [5.74, 6) is 0.979. The molecule has 0 bridgehead atoms. The number of nitrogens with zero attached hydrogens (tertiary/aromatic N) is 3. The fraction of sp³-hybridized carbons (Fsp3) is 0.158. The number of ether oxygens (including phenoxy) is 2. The molecule has 0 saturated heterocycles. The molecule has 4 rings (SSSR count). The highest BCUT2D eigenvalue weighted by molar-refractivity contribution is 5.96. The topological polar surface area (TPSA) is 112 Å². The van der Waals surface area contributed by atoms with E-state index in [4.69, 9.17) is 14.9 Å². The largest absolute Gasteiger partial charge is 0.454 e. The van der Waals surface area contributed by atoms with Gasteiger partial charge in [-0.1, -0.05) is 12.1 Å². The number of ketones is 1. The molecule has 1 aromatic heterocycles. The van der Waals surface area contributed by atoms with Crippen LogP contribution in [-0.2, 0) is 13.6 Å². The zero-order valence-corrected chi connectivity index (χ0v) is 14.9. The van der Waals surface area contributed by atoms with Crippen molar-refractivity contribution in [2.75, 3.05) is 6.79 Å². The van der Waals surface area contributed by atoms with Gasteiger partial charge in [0.25, 0.3) is 5.69 Å². The van der Waals surface area contributed by atoms with Crippen LogP contribution in [0.5, 0.6) is 11.5 Å². The molecule has 0 fully saturated rings. The Balaban J connectivity index is 1.64. The zero-order chi connectivity index (χ0) is 19.8. The number of non-ortho nitro benzene ring substituents is 1. The minimum atomic E-state index is -0.542. The Morgan fingerprint density at radius 1 is 1.21 bits per heavy atom. The zero-order valence-electron chi connectivity index (χ0n) is 14.9. The number of carbonyl (C=O) groups is 1. The highest BCUT2D eigenvalue weighted by Gasteiger charge is 2.18. The Kier molecular flexibility index (Phi) is 4.19. The first kappa shape index (κ1) is 17.5. The first-order chi connectivity index (χ1) is 13.4. The van der Waals surface area contributed by atoms with Gasteiger partial charge in [-0.25, -0.2) is 0 Å². The van der Waals surface area contributed by atoms with Crippen LogP contribution >= 0.6 is 0 Å². The number of Topliss-reactive ketones (excluding diaryl/α,β-unsaturated/α-hetero) is 1. The number of hydrogen-bond donors (Lipinski definition) is 1. The minimum absolute atomic E-state index is 0.0988. The van der Waals surface area contributed by atoms with Crippen LogP contribution in [0.25, 0.3) is 11.3 Å². The summed E-state index contributed by atoms with van der Waals surface area (Å²) in [5.41, 5.74) is 1.77. The summed E-state index contributed by atoms with van der Waals surface area (Å²) in [6.07, 6.45) is 1.70. The maximum Gasteiger partial charge on any atom is 0.270 e. The molecule has 0 radical (unpaired) electrons. The molecule has 142 valence electrons. The van der Waals surface area contributed by atoms with Crippen molar-refractivity contribution in [2.24, 2.45) is 7.05 Å². The van der Waals surface area contributed by atoms with Crippen molar-refractivity contribution in [1.82, 2.24) is 9.13 Å². The van der Waals surface area contributed by atoms with Gasteiger partial charge in [0.1, 0.15) is 0 Å². The molecule has 2 aromatic carbocycles. The molecule has 0 amide bonds. The van der Waals surface area contributed by atoms with E-state index in [1.807, 2.05) is 12.1 Å². The second-order valence-electron chi connectivity index (χ2n) is 6.32. The molecule has 9 heteroatoms. The Labute approximate surface area is 159 Å². The molecule has 3 aromatic rings. The summed E-state index contributed by atoms with van der Waals surface area (Å²) >= 11 is 0. The lowest BCUT2D eigenvalue weighted by Gasteiger charge is -2.03. The third kappa shape index (κ3) is 3.02. The van der Waals surface area contributed by atoms with Crippen LogP contribution in [0, 0.1) is 15.5 Å². The van der Waals surface area contributed by atoms with Gasteiger partial charge in [0, 0.05) is 36.5 Å². The molecule has 0 spiro atoms. The number of benzene rings is 2. The van der Waals surface area contributed by atoms with Crippen molar-refractivity contribution in [3.63, 3.8) is 0 Å². The lowest BCUT2D eigenvalue weighted by atomic mass is 10.1. The van der Waals surface area contributed by atoms with Gasteiger partial charge < -0.3 is 18.6 Å². The summed E-state index contributed by atoms with van der Waals surface area (Å²) in [5, 5.41) is 19.2. The van der Waals surface area contributed by atoms with E-state index < -0.39 is 4.92 Å². The number of fused-ring (bicyclic) bond motifs is 1. The number of imidazole rings is 1. The second kappa shape index (κ2) is 6.69. The van der Waals surface area contributed by atoms with Crippen LogP contribution in [0.4, 0.5) is 5.69 Å². The number of hydrogen-bond acceptors (Lipinski definition) is 6. The van der Waals surface area contributed by atoms with E-state index in [1.54, 1.807) is 23.9 Å². The van der Waals surface area contributed by atoms with Crippen LogP contribution in [0.15, 0.2) is 48.7 Å². The standard InChI is InChI=1S/C19H16N4O5/c1-21-15(12-5-6-17-18(8-12)28-11-27-17)9-22(19(21)20)10-16(24)13-3-2-4-14(7-13)23(25)26/h2-9,20H,10-11H2,1H3. The van der Waals surface area contributed by atoms with E-state index in [2.05, 4.69) is 0 Å². The van der Waals surface area contributed by atoms with Gasteiger partial charge in [-0.2, -0.15) is 0 Å². The molecule has 0 aliphatic carbocycles. The summed E-state index contributed by atoms with van der Waals surface area (Å²) in [6.45, 7) is 0.0751. The van der Waals surface area contributed by atoms with E-state index >= 15 is 0 Å². The van der Waals surface area contributed by atoms with E-state index in [1.165, 1.54) is 28.8 Å². The van der Waals surface area contributed by atoms with Gasteiger partial charge in [-0.15, -0.1) is 0 Å². The number of nitro benzene ring substituents is 1. The highest BCUT2D eigenvalue weighted by atomic mass is 16.7. The molecule has 0 unspecified atom stereocenters. The fourth-order valence-electron chi connectivity index (χ4n) is 3.09. The molecule has 1 N–H and O–H groups in total. The monoisotopic (exact) mass is 380 g/mol. The van der Waals surface area contributed by atoms with E-state index in [0.717, 1.165) is 11.3 Å². The van der Waals surface area contributed by atoms with E-state index in [9.17, 15) is 14.9 Å². The van der Waals surface area contributed by atoms with Gasteiger partial charge in [0.05, 0.1) is 17.2 Å². The predicted molar refractivity (Wildman–Crippen MR) is 98.2 cm³/mol. The average Bonchev–Trinajstić information content (AvgIpc) is 3.27. The Morgan fingerprint density at radius 2 is 2.00 bits per heavy atom. The van der Waals surface area contributed by atoms with Gasteiger partial charge in [-0.3, -0.25) is 20.3 Å². The number of nitro groups is 1. The summed E-state index contributed by atoms with van der Waals surface area (Å²) in [6, 6.07) is 11.1. The van der Waals surface area contributed by atoms with Crippen molar-refractivity contribution in [3.8, 4) is 22.8 Å². The van der Waals surface area contributed by atoms with Gasteiger partial charge in [0.15, 0.2) is 17.3 Å². The van der Waals surface area contributed by atoms with Crippen LogP contribution in [-0.4, -0.2) is 26.6 Å². The van der Waals surface area contributed by atoms with Crippen molar-refractivity contribution in [1.29, 1.82) is 5.41 Å². The van der Waals surface area contributed by atoms with Gasteiger partial charge in [0.2, 0.25) is 12.4 Å². The van der Waals surface area contributed by atoms with Crippen LogP contribution < -0.4 is 15.1 Å². The molecule has 1 aliphatic heterocycles. The smallest absolute Gasteiger partial charge is 0.270 e. The Bertz CT molecular complexity index is 1160. The number of aromatic nitrogens is 2.